The Balaban J connectivity index is 2.06. The molecule has 3 aromatic rings. The summed E-state index contributed by atoms with van der Waals surface area (Å²) in [6.45, 7) is 3.56. The number of aromatic nitrogens is 3. The second kappa shape index (κ2) is 8.33. The molecule has 0 radical (unpaired) electrons. The van der Waals surface area contributed by atoms with E-state index in [1.807, 2.05) is 0 Å². The third-order valence-corrected chi connectivity index (χ3v) is 6.37. The van der Waals surface area contributed by atoms with Crippen molar-refractivity contribution >= 4 is 22.1 Å². The van der Waals surface area contributed by atoms with E-state index in [9.17, 15) is 31.8 Å². The fraction of sp³-hybridized carbons (Fsp3) is 0.381. The normalized spacial score (nSPS) is 13.9. The molecule has 3 aromatic heterocycles. The summed E-state index contributed by atoms with van der Waals surface area (Å²) in [5.74, 6) is -4.61. The van der Waals surface area contributed by atoms with Crippen molar-refractivity contribution < 1.29 is 26.5 Å². The van der Waals surface area contributed by atoms with E-state index in [4.69, 9.17) is 0 Å². The van der Waals surface area contributed by atoms with Crippen molar-refractivity contribution in [3.8, 4) is 17.5 Å². The van der Waals surface area contributed by atoms with Gasteiger partial charge in [0.15, 0.2) is 4.90 Å². The maximum Gasteiger partial charge on any atom is 0.455 e. The van der Waals surface area contributed by atoms with Crippen LogP contribution in [0.2, 0.25) is 0 Å². The Hall–Kier alpha value is -2.71. The minimum Gasteiger partial charge on any atom is -0.611 e. The van der Waals surface area contributed by atoms with E-state index in [1.165, 1.54) is 24.5 Å². The zero-order chi connectivity index (χ0) is 23.9. The number of hydrogen-bond donors (Lipinski definition) is 0. The van der Waals surface area contributed by atoms with Crippen LogP contribution in [0.5, 0.6) is 0 Å². The molecule has 0 saturated carbocycles. The Kier molecular flexibility index (Phi) is 6.23. The first-order valence-corrected chi connectivity index (χ1v) is 10.8. The molecule has 0 aliphatic rings. The Labute approximate surface area is 184 Å². The molecule has 0 fully saturated rings. The van der Waals surface area contributed by atoms with Crippen molar-refractivity contribution in [2.24, 2.45) is 0 Å². The maximum absolute atomic E-state index is 13.5. The van der Waals surface area contributed by atoms with Gasteiger partial charge in [-0.25, -0.2) is 4.98 Å². The third-order valence-electron chi connectivity index (χ3n) is 5.05. The van der Waals surface area contributed by atoms with E-state index in [1.54, 1.807) is 26.8 Å². The fourth-order valence-electron chi connectivity index (χ4n) is 3.03. The van der Waals surface area contributed by atoms with Gasteiger partial charge >= 0.3 is 12.1 Å². The van der Waals surface area contributed by atoms with Gasteiger partial charge in [-0.15, -0.1) is 0 Å². The van der Waals surface area contributed by atoms with E-state index in [0.717, 1.165) is 10.8 Å². The van der Waals surface area contributed by atoms with E-state index in [0.29, 0.717) is 15.8 Å². The van der Waals surface area contributed by atoms with Crippen LogP contribution in [0, 0.1) is 11.3 Å². The average molecular weight is 470 g/mol. The summed E-state index contributed by atoms with van der Waals surface area (Å²) >= 11 is -1.44. The lowest BCUT2D eigenvalue weighted by Gasteiger charge is -2.20. The molecule has 3 heterocycles. The zero-order valence-electron chi connectivity index (χ0n) is 17.4. The summed E-state index contributed by atoms with van der Waals surface area (Å²) in [5, 5.41) is 9.76. The van der Waals surface area contributed by atoms with E-state index >= 15 is 0 Å². The lowest BCUT2D eigenvalue weighted by atomic mass is 9.87. The van der Waals surface area contributed by atoms with Crippen LogP contribution in [0.25, 0.3) is 22.3 Å². The topological polar surface area (TPSA) is 77.6 Å². The number of pyridine rings is 2. The van der Waals surface area contributed by atoms with Gasteiger partial charge in [0.05, 0.1) is 35.4 Å². The maximum atomic E-state index is 13.5. The van der Waals surface area contributed by atoms with Gasteiger partial charge in [0.1, 0.15) is 11.4 Å². The van der Waals surface area contributed by atoms with Crippen molar-refractivity contribution in [2.75, 3.05) is 5.75 Å². The molecule has 0 aromatic carbocycles. The number of nitrogens with zero attached hydrogens (tertiary/aromatic N) is 4. The summed E-state index contributed by atoms with van der Waals surface area (Å²) in [5.41, 5.74) is 0.380. The quantitative estimate of drug-likeness (QED) is 0.365. The highest BCUT2D eigenvalue weighted by Gasteiger charge is 2.57. The molecule has 32 heavy (non-hydrogen) atoms. The van der Waals surface area contributed by atoms with Gasteiger partial charge in [0.25, 0.3) is 0 Å². The first-order chi connectivity index (χ1) is 14.8. The van der Waals surface area contributed by atoms with Gasteiger partial charge in [0, 0.05) is 23.8 Å². The van der Waals surface area contributed by atoms with Crippen molar-refractivity contribution in [3.63, 3.8) is 0 Å². The largest absolute Gasteiger partial charge is 0.611 e. The Morgan fingerprint density at radius 2 is 1.81 bits per heavy atom. The van der Waals surface area contributed by atoms with Crippen LogP contribution >= 0.6 is 0 Å². The van der Waals surface area contributed by atoms with Crippen LogP contribution in [0.15, 0.2) is 41.7 Å². The van der Waals surface area contributed by atoms with Crippen LogP contribution in [-0.2, 0) is 23.1 Å². The van der Waals surface area contributed by atoms with Gasteiger partial charge in [0.2, 0.25) is 0 Å². The van der Waals surface area contributed by atoms with Crippen LogP contribution in [-0.4, -0.2) is 36.9 Å². The molecule has 11 heteroatoms. The number of rotatable bonds is 6. The van der Waals surface area contributed by atoms with E-state index in [-0.39, 0.29) is 22.7 Å². The van der Waals surface area contributed by atoms with Crippen LogP contribution in [0.1, 0.15) is 26.3 Å². The number of halogens is 5. The van der Waals surface area contributed by atoms with E-state index in [2.05, 4.69) is 16.0 Å². The van der Waals surface area contributed by atoms with Crippen molar-refractivity contribution in [2.45, 2.75) is 49.7 Å². The summed E-state index contributed by atoms with van der Waals surface area (Å²) in [6, 6.07) is 6.68. The molecule has 0 aliphatic carbocycles. The summed E-state index contributed by atoms with van der Waals surface area (Å²) in [4.78, 5) is 8.90. The third kappa shape index (κ3) is 4.42. The van der Waals surface area contributed by atoms with Gasteiger partial charge in [-0.1, -0.05) is 0 Å². The molecule has 0 amide bonds. The molecular weight excluding hydrogens is 451 g/mol. The highest BCUT2D eigenvalue weighted by atomic mass is 32.2. The molecule has 170 valence electrons. The first kappa shape index (κ1) is 23.9. The molecule has 0 bridgehead atoms. The van der Waals surface area contributed by atoms with Gasteiger partial charge in [-0.05, 0) is 49.6 Å². The molecule has 0 spiro atoms. The monoisotopic (exact) mass is 470 g/mol. The fourth-order valence-corrected chi connectivity index (χ4v) is 3.97. The highest BCUT2D eigenvalue weighted by Crippen LogP contribution is 2.38. The Bertz CT molecular complexity index is 1180. The molecule has 0 saturated heterocycles. The minimum atomic E-state index is -5.67. The molecule has 0 aliphatic heterocycles. The second-order valence-electron chi connectivity index (χ2n) is 7.72. The minimum absolute atomic E-state index is 0.0954. The number of nitriles is 1. The van der Waals surface area contributed by atoms with Crippen molar-refractivity contribution in [1.82, 2.24) is 14.5 Å². The van der Waals surface area contributed by atoms with Crippen molar-refractivity contribution in [1.29, 1.82) is 5.26 Å². The predicted octanol–water partition coefficient (Wildman–Crippen LogP) is 5.22. The summed E-state index contributed by atoms with van der Waals surface area (Å²) < 4.78 is 78.1. The lowest BCUT2D eigenvalue weighted by molar-refractivity contribution is -0.286. The van der Waals surface area contributed by atoms with E-state index < -0.39 is 35.2 Å². The Morgan fingerprint density at radius 1 is 1.12 bits per heavy atom. The molecule has 1 unspecified atom stereocenters. The standard InChI is InChI=1S/C21H19F5N4OS/c1-4-32(31)17-8-14(19(2,3)11-27)9-29-18(17)15-7-13-5-6-30(16(13)10-28-15)12-20(22,23)21(24,25)26/h5-10H,4,12H2,1-3H3. The predicted molar refractivity (Wildman–Crippen MR) is 110 cm³/mol. The summed E-state index contributed by atoms with van der Waals surface area (Å²) in [6.07, 6.45) is -1.87. The molecule has 3 rings (SSSR count). The lowest BCUT2D eigenvalue weighted by Crippen LogP contribution is -2.40. The van der Waals surface area contributed by atoms with Gasteiger partial charge in [-0.2, -0.15) is 27.2 Å². The molecule has 0 N–H and O–H groups in total. The Morgan fingerprint density at radius 3 is 2.41 bits per heavy atom. The van der Waals surface area contributed by atoms with Gasteiger partial charge < -0.3 is 9.12 Å². The number of hydrogen-bond acceptors (Lipinski definition) is 4. The second-order valence-corrected chi connectivity index (χ2v) is 9.42. The van der Waals surface area contributed by atoms with Crippen molar-refractivity contribution in [3.05, 3.63) is 42.4 Å². The van der Waals surface area contributed by atoms with Crippen LogP contribution in [0.3, 0.4) is 0 Å². The number of fused-ring (bicyclic) bond motifs is 1. The SMILES string of the molecule is CC[S+]([O-])c1cc(C(C)(C)C#N)cnc1-c1cc2ccn(CC(F)(F)C(F)(F)F)c2cn1. The average Bonchev–Trinajstić information content (AvgIpc) is 3.13. The number of alkyl halides is 5. The van der Waals surface area contributed by atoms with Crippen LogP contribution < -0.4 is 0 Å². The molecular formula is C21H19F5N4OS. The van der Waals surface area contributed by atoms with Gasteiger partial charge in [-0.3, -0.25) is 4.98 Å². The highest BCUT2D eigenvalue weighted by molar-refractivity contribution is 7.91. The first-order valence-electron chi connectivity index (χ1n) is 9.50. The molecule has 1 atom stereocenters. The van der Waals surface area contributed by atoms with Crippen LogP contribution in [0.4, 0.5) is 22.0 Å². The summed E-state index contributed by atoms with van der Waals surface area (Å²) in [7, 11) is 0. The smallest absolute Gasteiger partial charge is 0.455 e. The zero-order valence-corrected chi connectivity index (χ0v) is 18.2. The molecule has 5 nitrogen and oxygen atoms in total.